The topological polar surface area (TPSA) is 68.2 Å². The van der Waals surface area contributed by atoms with E-state index in [4.69, 9.17) is 4.84 Å². The van der Waals surface area contributed by atoms with Crippen LogP contribution < -0.4 is 0 Å². The fourth-order valence-corrected chi connectivity index (χ4v) is 4.32. The Morgan fingerprint density at radius 3 is 2.66 bits per heavy atom. The third-order valence-electron chi connectivity index (χ3n) is 6.10. The molecule has 0 unspecified atom stereocenters. The molecule has 0 bridgehead atoms. The number of aromatic nitrogens is 3. The van der Waals surface area contributed by atoms with Gasteiger partial charge in [-0.2, -0.15) is 10.2 Å². The van der Waals surface area contributed by atoms with Crippen molar-refractivity contribution in [1.29, 1.82) is 0 Å². The summed E-state index contributed by atoms with van der Waals surface area (Å²) in [4.78, 5) is 22.9. The number of aryl methyl sites for hydroxylation is 2. The molecule has 1 saturated heterocycles. The predicted molar refractivity (Wildman–Crippen MR) is 105 cm³/mol. The summed E-state index contributed by atoms with van der Waals surface area (Å²) in [5.74, 6) is 0.157. The molecular weight excluding hydrogens is 371 g/mol. The van der Waals surface area contributed by atoms with Crippen LogP contribution in [0.3, 0.4) is 0 Å². The minimum atomic E-state index is -0.346. The number of hydrogen-bond donors (Lipinski definition) is 0. The van der Waals surface area contributed by atoms with Gasteiger partial charge in [0.05, 0.1) is 29.7 Å². The summed E-state index contributed by atoms with van der Waals surface area (Å²) in [6.45, 7) is 4.03. The van der Waals surface area contributed by atoms with Crippen LogP contribution in [0.2, 0.25) is 0 Å². The van der Waals surface area contributed by atoms with E-state index in [1.54, 1.807) is 13.1 Å². The van der Waals surface area contributed by atoms with E-state index in [0.29, 0.717) is 30.2 Å². The van der Waals surface area contributed by atoms with Crippen molar-refractivity contribution in [1.82, 2.24) is 20.2 Å². The van der Waals surface area contributed by atoms with Crippen LogP contribution in [0, 0.1) is 31.5 Å². The number of carbonyl (C=O) groups excluding carboxylic acids is 1. The van der Waals surface area contributed by atoms with Crippen molar-refractivity contribution in [3.05, 3.63) is 52.9 Å². The van der Waals surface area contributed by atoms with Crippen molar-refractivity contribution in [2.45, 2.75) is 58.4 Å². The third kappa shape index (κ3) is 4.45. The number of rotatable bonds is 4. The van der Waals surface area contributed by atoms with Crippen molar-refractivity contribution in [3.8, 4) is 0 Å². The zero-order valence-corrected chi connectivity index (χ0v) is 17.0. The number of amides is 1. The van der Waals surface area contributed by atoms with Crippen LogP contribution >= 0.6 is 0 Å². The van der Waals surface area contributed by atoms with Gasteiger partial charge in [0.15, 0.2) is 0 Å². The number of hydrogen-bond acceptors (Lipinski definition) is 5. The van der Waals surface area contributed by atoms with Crippen LogP contribution in [0.15, 0.2) is 24.4 Å². The first kappa shape index (κ1) is 19.9. The summed E-state index contributed by atoms with van der Waals surface area (Å²) in [6, 6.07) is 5.24. The highest BCUT2D eigenvalue weighted by atomic mass is 19.1. The Bertz CT molecular complexity index is 866. The molecule has 1 amide bonds. The molecule has 1 aliphatic heterocycles. The van der Waals surface area contributed by atoms with E-state index in [9.17, 15) is 9.18 Å². The fraction of sp³-hybridized carbons (Fsp3) is 0.545. The van der Waals surface area contributed by atoms with Gasteiger partial charge in [-0.1, -0.05) is 0 Å². The van der Waals surface area contributed by atoms with Crippen molar-refractivity contribution in [2.75, 3.05) is 6.61 Å². The van der Waals surface area contributed by atoms with Crippen LogP contribution in [0.1, 0.15) is 60.8 Å². The summed E-state index contributed by atoms with van der Waals surface area (Å²) in [5, 5.41) is 9.87. The highest BCUT2D eigenvalue weighted by Gasteiger charge is 2.37. The molecule has 4 rings (SSSR count). The highest BCUT2D eigenvalue weighted by Crippen LogP contribution is 2.37. The molecule has 2 aromatic heterocycles. The summed E-state index contributed by atoms with van der Waals surface area (Å²) in [7, 11) is 0. The summed E-state index contributed by atoms with van der Waals surface area (Å²) < 4.78 is 13.9. The second kappa shape index (κ2) is 8.53. The molecule has 2 fully saturated rings. The maximum Gasteiger partial charge on any atom is 0.249 e. The Morgan fingerprint density at radius 2 is 1.97 bits per heavy atom. The van der Waals surface area contributed by atoms with Crippen LogP contribution in [-0.4, -0.2) is 32.8 Å². The molecule has 29 heavy (non-hydrogen) atoms. The van der Waals surface area contributed by atoms with E-state index in [0.717, 1.165) is 43.5 Å². The van der Waals surface area contributed by atoms with E-state index in [1.807, 2.05) is 19.1 Å². The lowest BCUT2D eigenvalue weighted by atomic mass is 9.79. The molecule has 0 spiro atoms. The lowest BCUT2D eigenvalue weighted by molar-refractivity contribution is -0.183. The second-order valence-electron chi connectivity index (χ2n) is 8.23. The number of hydroxylamine groups is 2. The van der Waals surface area contributed by atoms with Crippen molar-refractivity contribution in [2.24, 2.45) is 11.8 Å². The molecule has 0 aromatic carbocycles. The van der Waals surface area contributed by atoms with E-state index in [-0.39, 0.29) is 23.7 Å². The minimum absolute atomic E-state index is 0.0158. The fourth-order valence-electron chi connectivity index (χ4n) is 4.32. The highest BCUT2D eigenvalue weighted by molar-refractivity contribution is 5.78. The quantitative estimate of drug-likeness (QED) is 0.782. The number of carbonyl (C=O) groups is 1. The predicted octanol–water partition coefficient (Wildman–Crippen LogP) is 3.88. The van der Waals surface area contributed by atoms with Gasteiger partial charge in [-0.05, 0) is 75.6 Å². The number of halogens is 1. The van der Waals surface area contributed by atoms with Gasteiger partial charge in [0.2, 0.25) is 5.91 Å². The van der Waals surface area contributed by atoms with Crippen molar-refractivity contribution < 1.29 is 14.0 Å². The van der Waals surface area contributed by atoms with Gasteiger partial charge < -0.3 is 0 Å². The lowest BCUT2D eigenvalue weighted by Gasteiger charge is -2.31. The molecule has 1 saturated carbocycles. The Labute approximate surface area is 170 Å². The standard InChI is InChI=1S/C22H27FN4O2/c1-14-3-8-19(26-25-14)11-16-4-6-17(7-5-16)22(28)27-21(9-10-29-27)18-12-20(23)15(2)24-13-18/h3,8,12-13,16-17,21H,4-7,9-11H2,1-2H3/t16?,17?,21-/m0/s1. The smallest absolute Gasteiger partial charge is 0.249 e. The largest absolute Gasteiger partial charge is 0.272 e. The average Bonchev–Trinajstić information content (AvgIpc) is 3.22. The summed E-state index contributed by atoms with van der Waals surface area (Å²) in [6.07, 6.45) is 6.89. The van der Waals surface area contributed by atoms with Crippen LogP contribution in [0.25, 0.3) is 0 Å². The maximum atomic E-state index is 13.9. The van der Waals surface area contributed by atoms with Gasteiger partial charge in [0.1, 0.15) is 5.82 Å². The van der Waals surface area contributed by atoms with E-state index in [2.05, 4.69) is 15.2 Å². The SMILES string of the molecule is Cc1ccc(CC2CCC(C(=O)N3OCC[C@H]3c3cnc(C)c(F)c3)CC2)nn1. The van der Waals surface area contributed by atoms with Gasteiger partial charge in [0.25, 0.3) is 0 Å². The molecule has 154 valence electrons. The molecule has 1 atom stereocenters. The Balaban J connectivity index is 1.36. The molecule has 2 aliphatic rings. The lowest BCUT2D eigenvalue weighted by Crippen LogP contribution is -2.37. The van der Waals surface area contributed by atoms with Gasteiger partial charge in [-0.15, -0.1) is 0 Å². The number of nitrogens with zero attached hydrogens (tertiary/aromatic N) is 4. The van der Waals surface area contributed by atoms with E-state index in [1.165, 1.54) is 11.1 Å². The van der Waals surface area contributed by atoms with Gasteiger partial charge in [-0.3, -0.25) is 14.6 Å². The maximum absolute atomic E-state index is 13.9. The van der Waals surface area contributed by atoms with Gasteiger partial charge in [-0.25, -0.2) is 9.45 Å². The number of pyridine rings is 1. The van der Waals surface area contributed by atoms with Crippen LogP contribution in [0.4, 0.5) is 4.39 Å². The Kier molecular flexibility index (Phi) is 5.85. The monoisotopic (exact) mass is 398 g/mol. The first-order valence-electron chi connectivity index (χ1n) is 10.4. The van der Waals surface area contributed by atoms with Crippen LogP contribution in [-0.2, 0) is 16.1 Å². The molecule has 0 N–H and O–H groups in total. The second-order valence-corrected chi connectivity index (χ2v) is 8.23. The van der Waals surface area contributed by atoms with Crippen LogP contribution in [0.5, 0.6) is 0 Å². The van der Waals surface area contributed by atoms with E-state index >= 15 is 0 Å². The van der Waals surface area contributed by atoms with Gasteiger partial charge >= 0.3 is 0 Å². The zero-order valence-electron chi connectivity index (χ0n) is 17.0. The molecule has 3 heterocycles. The molecule has 6 nitrogen and oxygen atoms in total. The normalized spacial score (nSPS) is 24.7. The summed E-state index contributed by atoms with van der Waals surface area (Å²) >= 11 is 0. The first-order chi connectivity index (χ1) is 14.0. The molecule has 1 aliphatic carbocycles. The van der Waals surface area contributed by atoms with E-state index < -0.39 is 0 Å². The molecular formula is C22H27FN4O2. The molecule has 2 aromatic rings. The minimum Gasteiger partial charge on any atom is -0.272 e. The van der Waals surface area contributed by atoms with Gasteiger partial charge in [0, 0.05) is 18.5 Å². The molecule has 0 radical (unpaired) electrons. The first-order valence-corrected chi connectivity index (χ1v) is 10.4. The van der Waals surface area contributed by atoms with Crippen molar-refractivity contribution in [3.63, 3.8) is 0 Å². The van der Waals surface area contributed by atoms with Crippen molar-refractivity contribution >= 4 is 5.91 Å². The Morgan fingerprint density at radius 1 is 1.17 bits per heavy atom. The zero-order chi connectivity index (χ0) is 20.4. The Hall–Kier alpha value is -2.41. The molecule has 7 heteroatoms. The summed E-state index contributed by atoms with van der Waals surface area (Å²) in [5.41, 5.74) is 3.00. The average molecular weight is 398 g/mol. The third-order valence-corrected chi connectivity index (χ3v) is 6.10.